The lowest BCUT2D eigenvalue weighted by molar-refractivity contribution is -0.131. The van der Waals surface area contributed by atoms with Crippen molar-refractivity contribution in [2.75, 3.05) is 0 Å². The average Bonchev–Trinajstić information content (AvgIpc) is 3.18. The summed E-state index contributed by atoms with van der Waals surface area (Å²) in [7, 11) is 0. The molecule has 3 N–H and O–H groups in total. The first-order valence-electron chi connectivity index (χ1n) is 7.65. The van der Waals surface area contributed by atoms with Crippen LogP contribution in [0.15, 0.2) is 36.5 Å². The third kappa shape index (κ3) is 3.23. The Labute approximate surface area is 133 Å². The van der Waals surface area contributed by atoms with E-state index in [0.717, 1.165) is 18.4 Å². The first-order valence-corrected chi connectivity index (χ1v) is 7.65. The van der Waals surface area contributed by atoms with Gasteiger partial charge in [0.1, 0.15) is 17.8 Å². The zero-order valence-corrected chi connectivity index (χ0v) is 12.7. The molecular formula is C16H19N5O2. The second kappa shape index (κ2) is 6.20. The predicted molar refractivity (Wildman–Crippen MR) is 84.0 cm³/mol. The van der Waals surface area contributed by atoms with Gasteiger partial charge in [-0.2, -0.15) is 0 Å². The normalized spacial score (nSPS) is 16.2. The van der Waals surface area contributed by atoms with Gasteiger partial charge in [-0.1, -0.05) is 48.4 Å². The monoisotopic (exact) mass is 313 g/mol. The van der Waals surface area contributed by atoms with Crippen molar-refractivity contribution in [1.29, 1.82) is 0 Å². The van der Waals surface area contributed by atoms with Crippen LogP contribution in [0.1, 0.15) is 25.7 Å². The highest BCUT2D eigenvalue weighted by Gasteiger charge is 2.40. The maximum Gasteiger partial charge on any atom is 0.243 e. The van der Waals surface area contributed by atoms with E-state index in [0.29, 0.717) is 18.5 Å². The first kappa shape index (κ1) is 15.2. The molecule has 1 aromatic carbocycles. The average molecular weight is 313 g/mol. The van der Waals surface area contributed by atoms with Gasteiger partial charge in [0.15, 0.2) is 0 Å². The molecule has 7 nitrogen and oxygen atoms in total. The van der Waals surface area contributed by atoms with Gasteiger partial charge in [-0.05, 0) is 12.8 Å². The van der Waals surface area contributed by atoms with E-state index < -0.39 is 11.4 Å². The maximum atomic E-state index is 12.2. The highest BCUT2D eigenvalue weighted by Crippen LogP contribution is 2.29. The number of hydrogen-bond acceptors (Lipinski definition) is 4. The molecule has 1 heterocycles. The summed E-state index contributed by atoms with van der Waals surface area (Å²) < 4.78 is 1.46. The third-order valence-corrected chi connectivity index (χ3v) is 4.22. The van der Waals surface area contributed by atoms with Gasteiger partial charge in [-0.15, -0.1) is 5.10 Å². The van der Waals surface area contributed by atoms with Crippen molar-refractivity contribution in [3.8, 4) is 11.3 Å². The number of hydrogen-bond donors (Lipinski definition) is 2. The fourth-order valence-corrected chi connectivity index (χ4v) is 2.98. The molecular weight excluding hydrogens is 294 g/mol. The van der Waals surface area contributed by atoms with E-state index in [2.05, 4.69) is 15.6 Å². The number of amides is 2. The Morgan fingerprint density at radius 2 is 1.91 bits per heavy atom. The van der Waals surface area contributed by atoms with E-state index in [1.807, 2.05) is 30.3 Å². The lowest BCUT2D eigenvalue weighted by Gasteiger charge is -2.26. The number of carbonyl (C=O) groups is 2. The van der Waals surface area contributed by atoms with E-state index >= 15 is 0 Å². The van der Waals surface area contributed by atoms with Crippen LogP contribution in [0, 0.1) is 0 Å². The molecule has 1 saturated carbocycles. The molecule has 0 unspecified atom stereocenters. The zero-order valence-electron chi connectivity index (χ0n) is 12.7. The van der Waals surface area contributed by atoms with E-state index in [1.54, 1.807) is 6.20 Å². The number of benzene rings is 1. The minimum atomic E-state index is -0.903. The van der Waals surface area contributed by atoms with Gasteiger partial charge < -0.3 is 11.1 Å². The van der Waals surface area contributed by atoms with Crippen LogP contribution in [-0.4, -0.2) is 32.3 Å². The molecule has 0 atom stereocenters. The lowest BCUT2D eigenvalue weighted by atomic mass is 9.97. The lowest BCUT2D eigenvalue weighted by Crippen LogP contribution is -2.56. The highest BCUT2D eigenvalue weighted by atomic mass is 16.2. The van der Waals surface area contributed by atoms with Gasteiger partial charge in [0, 0.05) is 5.56 Å². The second-order valence-electron chi connectivity index (χ2n) is 5.87. The van der Waals surface area contributed by atoms with Gasteiger partial charge in [-0.25, -0.2) is 4.68 Å². The molecule has 3 rings (SSSR count). The van der Waals surface area contributed by atoms with Crippen LogP contribution >= 0.6 is 0 Å². The summed E-state index contributed by atoms with van der Waals surface area (Å²) in [4.78, 5) is 23.9. The molecule has 0 saturated heterocycles. The molecule has 120 valence electrons. The maximum absolute atomic E-state index is 12.2. The van der Waals surface area contributed by atoms with Crippen LogP contribution in [0.5, 0.6) is 0 Å². The van der Waals surface area contributed by atoms with Crippen LogP contribution in [-0.2, 0) is 16.1 Å². The molecule has 0 bridgehead atoms. The number of carbonyl (C=O) groups excluding carboxylic acids is 2. The van der Waals surface area contributed by atoms with Crippen molar-refractivity contribution < 1.29 is 9.59 Å². The minimum absolute atomic E-state index is 0.00879. The number of nitrogens with zero attached hydrogens (tertiary/aromatic N) is 3. The second-order valence-corrected chi connectivity index (χ2v) is 5.87. The van der Waals surface area contributed by atoms with Crippen LogP contribution < -0.4 is 11.1 Å². The molecule has 23 heavy (non-hydrogen) atoms. The van der Waals surface area contributed by atoms with Gasteiger partial charge in [0.05, 0.1) is 6.20 Å². The molecule has 2 amide bonds. The summed E-state index contributed by atoms with van der Waals surface area (Å²) in [5, 5.41) is 10.8. The molecule has 7 heteroatoms. The van der Waals surface area contributed by atoms with Gasteiger partial charge >= 0.3 is 0 Å². The Balaban J connectivity index is 1.67. The van der Waals surface area contributed by atoms with Gasteiger partial charge in [0.25, 0.3) is 0 Å². The quantitative estimate of drug-likeness (QED) is 0.854. The minimum Gasteiger partial charge on any atom is -0.368 e. The van der Waals surface area contributed by atoms with Crippen molar-refractivity contribution in [1.82, 2.24) is 20.3 Å². The first-order chi connectivity index (χ1) is 11.1. The number of aromatic nitrogens is 3. The molecule has 1 fully saturated rings. The number of primary amides is 1. The molecule has 2 aromatic rings. The molecule has 1 aliphatic rings. The van der Waals surface area contributed by atoms with Crippen LogP contribution in [0.25, 0.3) is 11.3 Å². The number of nitrogens with one attached hydrogen (secondary N) is 1. The topological polar surface area (TPSA) is 103 Å². The highest BCUT2D eigenvalue weighted by molar-refractivity contribution is 5.90. The fourth-order valence-electron chi connectivity index (χ4n) is 2.98. The molecule has 0 aliphatic heterocycles. The third-order valence-electron chi connectivity index (χ3n) is 4.22. The summed E-state index contributed by atoms with van der Waals surface area (Å²) in [5.74, 6) is -0.748. The Morgan fingerprint density at radius 3 is 2.57 bits per heavy atom. The van der Waals surface area contributed by atoms with Crippen LogP contribution in [0.3, 0.4) is 0 Å². The van der Waals surface area contributed by atoms with E-state index in [-0.39, 0.29) is 12.5 Å². The van der Waals surface area contributed by atoms with E-state index in [9.17, 15) is 9.59 Å². The van der Waals surface area contributed by atoms with Crippen molar-refractivity contribution in [3.05, 3.63) is 36.5 Å². The Morgan fingerprint density at radius 1 is 1.22 bits per heavy atom. The van der Waals surface area contributed by atoms with Crippen LogP contribution in [0.4, 0.5) is 0 Å². The molecule has 0 spiro atoms. The van der Waals surface area contributed by atoms with Gasteiger partial charge in [0.2, 0.25) is 11.8 Å². The largest absolute Gasteiger partial charge is 0.368 e. The fraction of sp³-hybridized carbons (Fsp3) is 0.375. The zero-order chi connectivity index (χ0) is 16.3. The summed E-state index contributed by atoms with van der Waals surface area (Å²) in [6.07, 6.45) is 4.69. The summed E-state index contributed by atoms with van der Waals surface area (Å²) in [6.45, 7) is 0.00879. The molecule has 1 aliphatic carbocycles. The molecule has 1 aromatic heterocycles. The predicted octanol–water partition coefficient (Wildman–Crippen LogP) is 0.859. The van der Waals surface area contributed by atoms with Crippen molar-refractivity contribution in [2.24, 2.45) is 5.73 Å². The van der Waals surface area contributed by atoms with E-state index in [4.69, 9.17) is 5.73 Å². The van der Waals surface area contributed by atoms with Crippen LogP contribution in [0.2, 0.25) is 0 Å². The van der Waals surface area contributed by atoms with Crippen molar-refractivity contribution >= 4 is 11.8 Å². The standard InChI is InChI=1S/C16H19N5O2/c17-15(23)16(8-4-5-9-16)18-14(22)11-21-10-13(19-20-21)12-6-2-1-3-7-12/h1-3,6-7,10H,4-5,8-9,11H2,(H2,17,23)(H,18,22). The Hall–Kier alpha value is -2.70. The smallest absolute Gasteiger partial charge is 0.243 e. The Bertz CT molecular complexity index is 704. The van der Waals surface area contributed by atoms with Crippen molar-refractivity contribution in [2.45, 2.75) is 37.8 Å². The van der Waals surface area contributed by atoms with Gasteiger partial charge in [-0.3, -0.25) is 9.59 Å². The summed E-state index contributed by atoms with van der Waals surface area (Å²) in [5.41, 5.74) is 6.20. The number of rotatable bonds is 5. The van der Waals surface area contributed by atoms with Crippen molar-refractivity contribution in [3.63, 3.8) is 0 Å². The molecule has 0 radical (unpaired) electrons. The summed E-state index contributed by atoms with van der Waals surface area (Å²) >= 11 is 0. The van der Waals surface area contributed by atoms with E-state index in [1.165, 1.54) is 4.68 Å². The Kier molecular flexibility index (Phi) is 4.10. The summed E-state index contributed by atoms with van der Waals surface area (Å²) in [6, 6.07) is 9.60. The number of nitrogens with two attached hydrogens (primary N) is 1. The SMILES string of the molecule is NC(=O)C1(NC(=O)Cn2cc(-c3ccccc3)nn2)CCCC1.